The molecule has 0 spiro atoms. The molecule has 0 aliphatic carbocycles. The summed E-state index contributed by atoms with van der Waals surface area (Å²) >= 11 is 13.3. The van der Waals surface area contributed by atoms with E-state index < -0.39 is 0 Å². The van der Waals surface area contributed by atoms with Gasteiger partial charge in [-0.15, -0.1) is 10.2 Å². The largest absolute Gasteiger partial charge is 0.497 e. The van der Waals surface area contributed by atoms with E-state index in [1.165, 1.54) is 22.9 Å². The van der Waals surface area contributed by atoms with Crippen molar-refractivity contribution < 1.29 is 9.53 Å². The van der Waals surface area contributed by atoms with E-state index >= 15 is 0 Å². The number of hydrogen-bond donors (Lipinski definition) is 1. The number of rotatable bonds is 9. The van der Waals surface area contributed by atoms with Gasteiger partial charge in [0.15, 0.2) is 5.16 Å². The van der Waals surface area contributed by atoms with Gasteiger partial charge in [0.05, 0.1) is 12.9 Å². The van der Waals surface area contributed by atoms with Crippen molar-refractivity contribution >= 4 is 46.6 Å². The molecule has 6 nitrogen and oxygen atoms in total. The normalized spacial score (nSPS) is 10.9. The van der Waals surface area contributed by atoms with Crippen molar-refractivity contribution in [2.45, 2.75) is 31.3 Å². The average molecular weight is 479 g/mol. The van der Waals surface area contributed by atoms with Crippen molar-refractivity contribution in [1.29, 1.82) is 0 Å². The summed E-state index contributed by atoms with van der Waals surface area (Å²) in [7, 11) is 3.60. The maximum atomic E-state index is 12.2. The van der Waals surface area contributed by atoms with Gasteiger partial charge in [-0.3, -0.25) is 4.79 Å². The molecule has 0 aliphatic rings. The highest BCUT2D eigenvalue weighted by Gasteiger charge is 2.12. The van der Waals surface area contributed by atoms with Gasteiger partial charge < -0.3 is 14.6 Å². The fraction of sp³-hybridized carbons (Fsp3) is 0.318. The lowest BCUT2D eigenvalue weighted by Crippen LogP contribution is -2.14. The summed E-state index contributed by atoms with van der Waals surface area (Å²) in [6, 6.07) is 11.1. The number of halogens is 2. The van der Waals surface area contributed by atoms with E-state index in [0.717, 1.165) is 30.8 Å². The average Bonchev–Trinajstić information content (AvgIpc) is 3.06. The second-order valence-corrected chi connectivity index (χ2v) is 8.91. The molecule has 0 unspecified atom stereocenters. The molecular weight excluding hydrogens is 455 g/mol. The molecule has 9 heteroatoms. The third kappa shape index (κ3) is 6.63. The van der Waals surface area contributed by atoms with E-state index in [0.29, 0.717) is 20.9 Å². The zero-order chi connectivity index (χ0) is 22.4. The van der Waals surface area contributed by atoms with Crippen LogP contribution in [0.2, 0.25) is 10.0 Å². The van der Waals surface area contributed by atoms with Crippen molar-refractivity contribution in [3.63, 3.8) is 0 Å². The molecule has 3 rings (SSSR count). The predicted molar refractivity (Wildman–Crippen MR) is 127 cm³/mol. The van der Waals surface area contributed by atoms with E-state index in [1.54, 1.807) is 25.3 Å². The molecule has 2 aromatic carbocycles. The highest BCUT2D eigenvalue weighted by Crippen LogP contribution is 2.23. The fourth-order valence-electron chi connectivity index (χ4n) is 3.15. The number of carbonyl (C=O) groups is 1. The Morgan fingerprint density at radius 3 is 2.55 bits per heavy atom. The van der Waals surface area contributed by atoms with Crippen LogP contribution in [0, 0.1) is 6.92 Å². The summed E-state index contributed by atoms with van der Waals surface area (Å²) in [6.07, 6.45) is 2.72. The van der Waals surface area contributed by atoms with Crippen molar-refractivity contribution in [1.82, 2.24) is 14.8 Å². The van der Waals surface area contributed by atoms with Crippen LogP contribution in [0.3, 0.4) is 0 Å². The van der Waals surface area contributed by atoms with Crippen LogP contribution in [0.15, 0.2) is 41.6 Å². The standard InChI is InChI=1S/C22H24Cl2N4O2S/c1-14-9-19(30-3)8-7-15(14)5-4-6-20-26-27-22(28(20)2)31-13-21(29)25-18-11-16(23)10-17(24)12-18/h7-12H,4-6,13H2,1-3H3,(H,25,29). The number of amides is 1. The first-order valence-corrected chi connectivity index (χ1v) is 11.5. The van der Waals surface area contributed by atoms with Crippen LogP contribution in [0.5, 0.6) is 5.75 Å². The first-order chi connectivity index (χ1) is 14.9. The molecule has 164 valence electrons. The monoisotopic (exact) mass is 478 g/mol. The lowest BCUT2D eigenvalue weighted by atomic mass is 10.0. The number of aryl methyl sites for hydroxylation is 3. The minimum absolute atomic E-state index is 0.164. The lowest BCUT2D eigenvalue weighted by molar-refractivity contribution is -0.113. The Kier molecular flexibility index (Phi) is 8.23. The summed E-state index contributed by atoms with van der Waals surface area (Å²) in [6.45, 7) is 2.09. The second-order valence-electron chi connectivity index (χ2n) is 7.10. The van der Waals surface area contributed by atoms with Crippen molar-refractivity contribution in [3.05, 3.63) is 63.4 Å². The maximum absolute atomic E-state index is 12.2. The number of anilines is 1. The van der Waals surface area contributed by atoms with E-state index in [1.807, 2.05) is 17.7 Å². The third-order valence-electron chi connectivity index (χ3n) is 4.80. The molecule has 0 atom stereocenters. The molecule has 0 saturated heterocycles. The fourth-order valence-corrected chi connectivity index (χ4v) is 4.41. The number of nitrogens with one attached hydrogen (secondary N) is 1. The number of carbonyl (C=O) groups excluding carboxylic acids is 1. The Hall–Kier alpha value is -2.22. The van der Waals surface area contributed by atoms with Crippen LogP contribution in [-0.2, 0) is 24.7 Å². The Balaban J connectivity index is 1.50. The zero-order valence-corrected chi connectivity index (χ0v) is 19.9. The van der Waals surface area contributed by atoms with Crippen LogP contribution in [0.25, 0.3) is 0 Å². The lowest BCUT2D eigenvalue weighted by Gasteiger charge is -2.08. The Bertz CT molecular complexity index is 1050. The van der Waals surface area contributed by atoms with Crippen LogP contribution in [0.1, 0.15) is 23.4 Å². The molecule has 0 aliphatic heterocycles. The number of ether oxygens (including phenoxy) is 1. The number of aromatic nitrogens is 3. The third-order valence-corrected chi connectivity index (χ3v) is 6.26. The molecule has 1 aromatic heterocycles. The summed E-state index contributed by atoms with van der Waals surface area (Å²) in [5.41, 5.74) is 3.09. The summed E-state index contributed by atoms with van der Waals surface area (Å²) in [5.74, 6) is 1.82. The topological polar surface area (TPSA) is 69.0 Å². The molecule has 0 saturated carbocycles. The quantitative estimate of drug-likeness (QED) is 0.420. The van der Waals surface area contributed by atoms with Gasteiger partial charge in [-0.25, -0.2) is 0 Å². The van der Waals surface area contributed by atoms with E-state index in [-0.39, 0.29) is 11.7 Å². The van der Waals surface area contributed by atoms with Crippen LogP contribution in [0.4, 0.5) is 5.69 Å². The molecule has 0 radical (unpaired) electrons. The van der Waals surface area contributed by atoms with E-state index in [2.05, 4.69) is 34.6 Å². The predicted octanol–water partition coefficient (Wildman–Crippen LogP) is 5.35. The smallest absolute Gasteiger partial charge is 0.234 e. The van der Waals surface area contributed by atoms with E-state index in [4.69, 9.17) is 27.9 Å². The Morgan fingerprint density at radius 1 is 1.13 bits per heavy atom. The van der Waals surface area contributed by atoms with Crippen molar-refractivity contribution in [2.24, 2.45) is 7.05 Å². The minimum atomic E-state index is -0.164. The molecule has 0 bridgehead atoms. The molecule has 1 heterocycles. The summed E-state index contributed by atoms with van der Waals surface area (Å²) in [5, 5.41) is 12.9. The van der Waals surface area contributed by atoms with Gasteiger partial charge in [0.25, 0.3) is 0 Å². The van der Waals surface area contributed by atoms with Crippen LogP contribution in [-0.4, -0.2) is 33.5 Å². The molecule has 0 fully saturated rings. The number of nitrogens with zero attached hydrogens (tertiary/aromatic N) is 3. The van der Waals surface area contributed by atoms with Crippen LogP contribution < -0.4 is 10.1 Å². The van der Waals surface area contributed by atoms with E-state index in [9.17, 15) is 4.79 Å². The maximum Gasteiger partial charge on any atom is 0.234 e. The number of hydrogen-bond acceptors (Lipinski definition) is 5. The second kappa shape index (κ2) is 10.9. The Morgan fingerprint density at radius 2 is 1.87 bits per heavy atom. The van der Waals surface area contributed by atoms with Gasteiger partial charge >= 0.3 is 0 Å². The van der Waals surface area contributed by atoms with Crippen molar-refractivity contribution in [3.8, 4) is 5.75 Å². The van der Waals surface area contributed by atoms with Crippen molar-refractivity contribution in [2.75, 3.05) is 18.2 Å². The summed E-state index contributed by atoms with van der Waals surface area (Å²) in [4.78, 5) is 12.2. The highest BCUT2D eigenvalue weighted by molar-refractivity contribution is 7.99. The van der Waals surface area contributed by atoms with Gasteiger partial charge in [-0.05, 0) is 61.2 Å². The van der Waals surface area contributed by atoms with Gasteiger partial charge in [0.2, 0.25) is 5.91 Å². The van der Waals surface area contributed by atoms with Gasteiger partial charge in [0, 0.05) is 29.2 Å². The zero-order valence-electron chi connectivity index (χ0n) is 17.6. The van der Waals surface area contributed by atoms with Gasteiger partial charge in [0.1, 0.15) is 11.6 Å². The Labute approximate surface area is 196 Å². The van der Waals surface area contributed by atoms with Gasteiger partial charge in [-0.1, -0.05) is 41.0 Å². The first kappa shape index (κ1) is 23.4. The minimum Gasteiger partial charge on any atom is -0.497 e. The highest BCUT2D eigenvalue weighted by atomic mass is 35.5. The molecule has 31 heavy (non-hydrogen) atoms. The molecule has 3 aromatic rings. The molecule has 1 amide bonds. The number of methoxy groups -OCH3 is 1. The molecular formula is C22H24Cl2N4O2S. The molecule has 1 N–H and O–H groups in total. The first-order valence-electron chi connectivity index (χ1n) is 9.76. The summed E-state index contributed by atoms with van der Waals surface area (Å²) < 4.78 is 7.20. The number of thioether (sulfide) groups is 1. The number of benzene rings is 2. The van der Waals surface area contributed by atoms with Gasteiger partial charge in [-0.2, -0.15) is 0 Å². The SMILES string of the molecule is COc1ccc(CCCc2nnc(SCC(=O)Nc3cc(Cl)cc(Cl)c3)n2C)c(C)c1. The van der Waals surface area contributed by atoms with Crippen LogP contribution >= 0.6 is 35.0 Å².